The highest BCUT2D eigenvalue weighted by atomic mass is 19.4. The lowest BCUT2D eigenvalue weighted by Crippen LogP contribution is -2.11. The van der Waals surface area contributed by atoms with Gasteiger partial charge in [-0.15, -0.1) is 0 Å². The van der Waals surface area contributed by atoms with Crippen molar-refractivity contribution in [3.63, 3.8) is 0 Å². The highest BCUT2D eigenvalue weighted by molar-refractivity contribution is 5.97. The maximum absolute atomic E-state index is 13.3. The Morgan fingerprint density at radius 2 is 1.85 bits per heavy atom. The van der Waals surface area contributed by atoms with Crippen LogP contribution in [0.3, 0.4) is 0 Å². The van der Waals surface area contributed by atoms with Crippen LogP contribution in [0.4, 0.5) is 24.7 Å². The van der Waals surface area contributed by atoms with Crippen LogP contribution >= 0.6 is 0 Å². The number of halogens is 3. The summed E-state index contributed by atoms with van der Waals surface area (Å²) in [6.45, 7) is 2.12. The summed E-state index contributed by atoms with van der Waals surface area (Å²) in [6, 6.07) is 8.53. The molecule has 0 unspecified atom stereocenters. The van der Waals surface area contributed by atoms with E-state index in [0.29, 0.717) is 22.8 Å². The fraction of sp³-hybridized carbons (Fsp3) is 0.345. The molecule has 0 atom stereocenters. The number of nitrogens with zero attached hydrogens (tertiary/aromatic N) is 8. The summed E-state index contributed by atoms with van der Waals surface area (Å²) < 4.78 is 44.6. The molecule has 0 spiro atoms. The van der Waals surface area contributed by atoms with E-state index in [4.69, 9.17) is 15.7 Å². The van der Waals surface area contributed by atoms with Gasteiger partial charge < -0.3 is 10.3 Å². The Kier molecular flexibility index (Phi) is 6.43. The fourth-order valence-corrected chi connectivity index (χ4v) is 5.35. The molecule has 12 heteroatoms. The van der Waals surface area contributed by atoms with Gasteiger partial charge in [-0.05, 0) is 31.4 Å². The van der Waals surface area contributed by atoms with Crippen molar-refractivity contribution in [2.45, 2.75) is 44.7 Å². The summed E-state index contributed by atoms with van der Waals surface area (Å²) in [5.74, 6) is 1.09. The molecule has 41 heavy (non-hydrogen) atoms. The molecule has 212 valence electrons. The standard InChI is InChI=1S/C29H30F3N9/c1-5-7-22-19(12-17-15-39(2)38-27(17)35-22)28-36-25(26(40(28)3)16-10-11-16)18-8-6-9-21(33)20(18)14-34-24-13-23(29(30,31)32)41(4)37-24/h6,8-9,12-16H,5,7,10-11,33H2,1-4H3. The van der Waals surface area contributed by atoms with Crippen molar-refractivity contribution < 1.29 is 13.2 Å². The molecular weight excluding hydrogens is 531 g/mol. The average molecular weight is 562 g/mol. The number of alkyl halides is 3. The van der Waals surface area contributed by atoms with E-state index in [1.807, 2.05) is 32.4 Å². The molecule has 4 heterocycles. The molecule has 1 aliphatic carbocycles. The van der Waals surface area contributed by atoms with Gasteiger partial charge in [-0.2, -0.15) is 23.4 Å². The molecule has 5 aromatic rings. The van der Waals surface area contributed by atoms with Gasteiger partial charge in [0, 0.05) is 79.0 Å². The minimum Gasteiger partial charge on any atom is -0.398 e. The fourth-order valence-electron chi connectivity index (χ4n) is 5.35. The van der Waals surface area contributed by atoms with E-state index in [2.05, 4.69) is 32.7 Å². The Morgan fingerprint density at radius 3 is 2.54 bits per heavy atom. The number of aromatic nitrogens is 7. The number of rotatable bonds is 7. The Balaban J connectivity index is 1.49. The van der Waals surface area contributed by atoms with E-state index in [-0.39, 0.29) is 5.82 Å². The van der Waals surface area contributed by atoms with Gasteiger partial charge >= 0.3 is 6.18 Å². The average Bonchev–Trinajstić information content (AvgIpc) is 3.43. The van der Waals surface area contributed by atoms with E-state index < -0.39 is 11.9 Å². The number of aliphatic imine (C=N–C) groups is 1. The number of aryl methyl sites for hydroxylation is 3. The van der Waals surface area contributed by atoms with Crippen LogP contribution in [0.15, 0.2) is 41.5 Å². The molecule has 0 saturated heterocycles. The number of fused-ring (bicyclic) bond motifs is 1. The number of benzene rings is 1. The minimum atomic E-state index is -4.53. The largest absolute Gasteiger partial charge is 0.433 e. The quantitative estimate of drug-likeness (QED) is 0.195. The van der Waals surface area contributed by atoms with Crippen LogP contribution in [0.25, 0.3) is 33.7 Å². The van der Waals surface area contributed by atoms with Crippen LogP contribution in [-0.4, -0.2) is 40.3 Å². The number of imidazole rings is 1. The predicted octanol–water partition coefficient (Wildman–Crippen LogP) is 5.95. The summed E-state index contributed by atoms with van der Waals surface area (Å²) in [4.78, 5) is 14.3. The van der Waals surface area contributed by atoms with E-state index >= 15 is 0 Å². The molecule has 0 radical (unpaired) electrons. The van der Waals surface area contributed by atoms with Crippen molar-refractivity contribution in [1.82, 2.24) is 34.1 Å². The van der Waals surface area contributed by atoms with Gasteiger partial charge in [-0.3, -0.25) is 9.36 Å². The van der Waals surface area contributed by atoms with Gasteiger partial charge in [-0.25, -0.2) is 15.0 Å². The third kappa shape index (κ3) is 4.87. The van der Waals surface area contributed by atoms with Crippen molar-refractivity contribution in [3.8, 4) is 22.6 Å². The topological polar surface area (TPSA) is 105 Å². The number of hydrogen-bond acceptors (Lipinski definition) is 6. The predicted molar refractivity (Wildman–Crippen MR) is 152 cm³/mol. The first-order valence-corrected chi connectivity index (χ1v) is 13.5. The summed E-state index contributed by atoms with van der Waals surface area (Å²) in [5, 5.41) is 9.34. The van der Waals surface area contributed by atoms with E-state index in [1.165, 1.54) is 13.3 Å². The van der Waals surface area contributed by atoms with Crippen LogP contribution in [0.5, 0.6) is 0 Å². The van der Waals surface area contributed by atoms with E-state index in [1.54, 1.807) is 10.7 Å². The summed E-state index contributed by atoms with van der Waals surface area (Å²) in [6.07, 6.45) is 2.69. The second-order valence-electron chi connectivity index (χ2n) is 10.5. The first-order chi connectivity index (χ1) is 19.5. The van der Waals surface area contributed by atoms with Gasteiger partial charge in [0.2, 0.25) is 0 Å². The Morgan fingerprint density at radius 1 is 1.07 bits per heavy atom. The van der Waals surface area contributed by atoms with E-state index in [0.717, 1.165) is 75.9 Å². The van der Waals surface area contributed by atoms with Crippen molar-refractivity contribution in [2.75, 3.05) is 5.73 Å². The Hall–Kier alpha value is -4.48. The number of nitrogens with two attached hydrogens (primary N) is 1. The molecule has 4 aromatic heterocycles. The van der Waals surface area contributed by atoms with Crippen molar-refractivity contribution >= 4 is 28.8 Å². The minimum absolute atomic E-state index is 0.0572. The van der Waals surface area contributed by atoms with Crippen LogP contribution in [-0.2, 0) is 33.7 Å². The number of hydrogen-bond donors (Lipinski definition) is 1. The van der Waals surface area contributed by atoms with Gasteiger partial charge in [0.1, 0.15) is 11.5 Å². The second-order valence-corrected chi connectivity index (χ2v) is 10.5. The van der Waals surface area contributed by atoms with Gasteiger partial charge in [-0.1, -0.05) is 25.5 Å². The van der Waals surface area contributed by atoms with Gasteiger partial charge in [0.25, 0.3) is 0 Å². The van der Waals surface area contributed by atoms with Gasteiger partial charge in [0.15, 0.2) is 11.5 Å². The highest BCUT2D eigenvalue weighted by Gasteiger charge is 2.35. The lowest BCUT2D eigenvalue weighted by molar-refractivity contribution is -0.143. The summed E-state index contributed by atoms with van der Waals surface area (Å²) >= 11 is 0. The summed E-state index contributed by atoms with van der Waals surface area (Å²) in [7, 11) is 5.14. The maximum atomic E-state index is 13.3. The molecule has 0 bridgehead atoms. The zero-order valence-electron chi connectivity index (χ0n) is 23.2. The van der Waals surface area contributed by atoms with Crippen LogP contribution in [0.2, 0.25) is 0 Å². The zero-order valence-corrected chi connectivity index (χ0v) is 23.2. The third-order valence-corrected chi connectivity index (χ3v) is 7.40. The monoisotopic (exact) mass is 561 g/mol. The number of anilines is 1. The smallest absolute Gasteiger partial charge is 0.398 e. The van der Waals surface area contributed by atoms with Crippen molar-refractivity contribution in [3.05, 3.63) is 59.2 Å². The first kappa shape index (κ1) is 26.7. The Bertz CT molecular complexity index is 1800. The molecule has 0 aliphatic heterocycles. The second kappa shape index (κ2) is 9.86. The van der Waals surface area contributed by atoms with Crippen LogP contribution in [0.1, 0.15) is 54.7 Å². The molecule has 1 saturated carbocycles. The Labute approximate surface area is 234 Å². The SMILES string of the molecule is CCCc1nc2nn(C)cc2cc1-c1nc(-c2cccc(N)c2C=Nc2cc(C(F)(F)F)n(C)n2)c(C2CC2)n1C. The highest BCUT2D eigenvalue weighted by Crippen LogP contribution is 2.47. The number of nitrogen functional groups attached to an aromatic ring is 1. The lowest BCUT2D eigenvalue weighted by Gasteiger charge is -2.10. The van der Waals surface area contributed by atoms with Crippen molar-refractivity contribution in [1.29, 1.82) is 0 Å². The molecule has 0 amide bonds. The van der Waals surface area contributed by atoms with Gasteiger partial charge in [0.05, 0.1) is 11.4 Å². The first-order valence-electron chi connectivity index (χ1n) is 13.5. The molecule has 1 aliphatic rings. The van der Waals surface area contributed by atoms with Crippen LogP contribution < -0.4 is 5.73 Å². The third-order valence-electron chi connectivity index (χ3n) is 7.40. The number of pyridine rings is 1. The normalized spacial score (nSPS) is 14.1. The van der Waals surface area contributed by atoms with E-state index in [9.17, 15) is 13.2 Å². The maximum Gasteiger partial charge on any atom is 0.433 e. The van der Waals surface area contributed by atoms with Crippen LogP contribution in [0, 0.1) is 0 Å². The van der Waals surface area contributed by atoms with Crippen molar-refractivity contribution in [2.24, 2.45) is 26.1 Å². The molecule has 2 N–H and O–H groups in total. The molecule has 1 fully saturated rings. The molecule has 9 nitrogen and oxygen atoms in total. The lowest BCUT2D eigenvalue weighted by atomic mass is 10.0. The molecular formula is C29H30F3N9. The zero-order chi connectivity index (χ0) is 29.1. The molecule has 6 rings (SSSR count). The molecule has 1 aromatic carbocycles. The summed E-state index contributed by atoms with van der Waals surface area (Å²) in [5.41, 5.74) is 11.8.